The summed E-state index contributed by atoms with van der Waals surface area (Å²) >= 11 is 0. The number of hydrogen-bond acceptors (Lipinski definition) is 3. The molecule has 0 saturated carbocycles. The Morgan fingerprint density at radius 2 is 1.07 bits per heavy atom. The Labute approximate surface area is 147 Å². The summed E-state index contributed by atoms with van der Waals surface area (Å²) in [6, 6.07) is 0. The molecular formula is C10H10F13NO3S. The molecular weight excluding hydrogens is 461 g/mol. The highest BCUT2D eigenvalue weighted by atomic mass is 32.2. The molecule has 0 fully saturated rings. The summed E-state index contributed by atoms with van der Waals surface area (Å²) < 4.78 is 190. The van der Waals surface area contributed by atoms with E-state index in [1.165, 1.54) is 0 Å². The van der Waals surface area contributed by atoms with Crippen LogP contribution in [0.1, 0.15) is 6.92 Å². The molecule has 0 rings (SSSR count). The third kappa shape index (κ3) is 3.50. The van der Waals surface area contributed by atoms with Gasteiger partial charge < -0.3 is 5.11 Å². The quantitative estimate of drug-likeness (QED) is 0.526. The maximum Gasteiger partial charge on any atom is 0.460 e. The lowest BCUT2D eigenvalue weighted by Crippen LogP contribution is -2.71. The third-order valence-electron chi connectivity index (χ3n) is 3.27. The molecule has 0 bridgehead atoms. The highest BCUT2D eigenvalue weighted by molar-refractivity contribution is 7.90. The molecule has 0 amide bonds. The van der Waals surface area contributed by atoms with Crippen LogP contribution in [0.5, 0.6) is 0 Å². The minimum absolute atomic E-state index is 0.645. The van der Waals surface area contributed by atoms with Gasteiger partial charge in [0.25, 0.3) is 10.0 Å². The van der Waals surface area contributed by atoms with Crippen molar-refractivity contribution in [1.82, 2.24) is 4.31 Å². The van der Waals surface area contributed by atoms with E-state index < -0.39 is 69.1 Å². The van der Waals surface area contributed by atoms with Crippen LogP contribution in [0.3, 0.4) is 0 Å². The van der Waals surface area contributed by atoms with Crippen LogP contribution in [0.25, 0.3) is 0 Å². The maximum atomic E-state index is 13.6. The second-order valence-corrected chi connectivity index (χ2v) is 7.01. The SMILES string of the molecule is CCN(CCO)S(=O)(=O)C(F)(F)C(F)(F)C(F)(F)C(F)(F)C(F)(F)C(F)(F)F. The van der Waals surface area contributed by atoms with Crippen LogP contribution in [0.2, 0.25) is 0 Å². The normalized spacial score (nSPS) is 16.0. The summed E-state index contributed by atoms with van der Waals surface area (Å²) in [5.74, 6) is -32.3. The third-order valence-corrected chi connectivity index (χ3v) is 5.30. The zero-order valence-corrected chi connectivity index (χ0v) is 14.0. The van der Waals surface area contributed by atoms with E-state index in [2.05, 4.69) is 0 Å². The van der Waals surface area contributed by atoms with Crippen molar-refractivity contribution < 1.29 is 70.6 Å². The molecule has 0 heterocycles. The summed E-state index contributed by atoms with van der Waals surface area (Å²) in [5, 5.41) is 1.18. The van der Waals surface area contributed by atoms with Gasteiger partial charge >= 0.3 is 35.1 Å². The van der Waals surface area contributed by atoms with Gasteiger partial charge in [0.1, 0.15) is 0 Å². The van der Waals surface area contributed by atoms with Gasteiger partial charge in [-0.25, -0.2) is 8.42 Å². The number of aliphatic hydroxyl groups excluding tert-OH is 1. The molecule has 0 aromatic rings. The molecule has 0 aliphatic rings. The molecule has 28 heavy (non-hydrogen) atoms. The number of rotatable bonds is 9. The van der Waals surface area contributed by atoms with Crippen molar-refractivity contribution in [2.24, 2.45) is 0 Å². The lowest BCUT2D eigenvalue weighted by atomic mass is 9.98. The van der Waals surface area contributed by atoms with Crippen LogP contribution in [0.4, 0.5) is 57.1 Å². The van der Waals surface area contributed by atoms with Crippen molar-refractivity contribution in [3.63, 3.8) is 0 Å². The van der Waals surface area contributed by atoms with Crippen molar-refractivity contribution in [3.05, 3.63) is 0 Å². The van der Waals surface area contributed by atoms with Crippen LogP contribution in [-0.2, 0) is 10.0 Å². The first-order valence-corrected chi connectivity index (χ1v) is 8.02. The van der Waals surface area contributed by atoms with Gasteiger partial charge in [0.2, 0.25) is 0 Å². The Morgan fingerprint density at radius 3 is 1.36 bits per heavy atom. The molecule has 0 atom stereocenters. The zero-order valence-electron chi connectivity index (χ0n) is 13.2. The van der Waals surface area contributed by atoms with Gasteiger partial charge in [0.05, 0.1) is 6.61 Å². The Bertz CT molecular complexity index is 658. The fourth-order valence-corrected chi connectivity index (χ4v) is 3.08. The predicted molar refractivity (Wildman–Crippen MR) is 64.0 cm³/mol. The summed E-state index contributed by atoms with van der Waals surface area (Å²) in [6.07, 6.45) is -7.59. The Balaban J connectivity index is 6.63. The van der Waals surface area contributed by atoms with Gasteiger partial charge in [-0.1, -0.05) is 6.92 Å². The number of alkyl halides is 13. The van der Waals surface area contributed by atoms with Crippen molar-refractivity contribution in [2.75, 3.05) is 19.7 Å². The molecule has 170 valence electrons. The van der Waals surface area contributed by atoms with Crippen LogP contribution < -0.4 is 0 Å². The first-order valence-electron chi connectivity index (χ1n) is 6.58. The average molecular weight is 471 g/mol. The zero-order chi connectivity index (χ0) is 23.2. The maximum absolute atomic E-state index is 13.6. The molecule has 0 aliphatic heterocycles. The first kappa shape index (κ1) is 27.0. The Hall–Kier alpha value is -1.04. The second kappa shape index (κ2) is 7.33. The number of nitrogens with zero attached hydrogens (tertiary/aromatic N) is 1. The molecule has 0 aromatic carbocycles. The number of hydrogen-bond donors (Lipinski definition) is 1. The van der Waals surface area contributed by atoms with E-state index in [1.807, 2.05) is 0 Å². The molecule has 4 nitrogen and oxygen atoms in total. The number of sulfonamides is 1. The Morgan fingerprint density at radius 1 is 0.714 bits per heavy atom. The minimum Gasteiger partial charge on any atom is -0.395 e. The highest BCUT2D eigenvalue weighted by Gasteiger charge is 2.92. The van der Waals surface area contributed by atoms with E-state index in [-0.39, 0.29) is 0 Å². The summed E-state index contributed by atoms with van der Waals surface area (Å²) in [6.45, 7) is -3.36. The van der Waals surface area contributed by atoms with Gasteiger partial charge in [0, 0.05) is 13.1 Å². The fraction of sp³-hybridized carbons (Fsp3) is 1.00. The fourth-order valence-electron chi connectivity index (χ4n) is 1.64. The van der Waals surface area contributed by atoms with Crippen LogP contribution in [0.15, 0.2) is 0 Å². The van der Waals surface area contributed by atoms with Gasteiger partial charge in [-0.15, -0.1) is 0 Å². The number of halogens is 13. The molecule has 0 aliphatic carbocycles. The largest absolute Gasteiger partial charge is 0.460 e. The van der Waals surface area contributed by atoms with Crippen molar-refractivity contribution in [3.8, 4) is 0 Å². The molecule has 0 spiro atoms. The van der Waals surface area contributed by atoms with Gasteiger partial charge in [-0.05, 0) is 0 Å². The Kier molecular flexibility index (Phi) is 7.06. The van der Waals surface area contributed by atoms with Gasteiger partial charge in [-0.3, -0.25) is 0 Å². The lowest BCUT2D eigenvalue weighted by molar-refractivity contribution is -0.433. The minimum atomic E-state index is -8.20. The average Bonchev–Trinajstić information content (AvgIpc) is 2.50. The van der Waals surface area contributed by atoms with E-state index >= 15 is 0 Å². The van der Waals surface area contributed by atoms with Gasteiger partial charge in [0.15, 0.2) is 0 Å². The van der Waals surface area contributed by atoms with Crippen LogP contribution in [0, 0.1) is 0 Å². The standard InChI is InChI=1S/C10H10F13NO3S/c1-2-24(3-4-25)28(26,27)10(22,23)8(17,18)6(13,14)5(11,12)7(15,16)9(19,20)21/h25H,2-4H2,1H3. The molecule has 0 unspecified atom stereocenters. The van der Waals surface area contributed by atoms with E-state index in [0.717, 1.165) is 0 Å². The summed E-state index contributed by atoms with van der Waals surface area (Å²) in [5.41, 5.74) is 0. The van der Waals surface area contributed by atoms with E-state index in [9.17, 15) is 65.5 Å². The van der Waals surface area contributed by atoms with E-state index in [0.29, 0.717) is 6.92 Å². The molecule has 0 saturated heterocycles. The molecule has 18 heteroatoms. The topological polar surface area (TPSA) is 57.6 Å². The lowest BCUT2D eigenvalue weighted by Gasteiger charge is -2.40. The monoisotopic (exact) mass is 471 g/mol. The second-order valence-electron chi connectivity index (χ2n) is 5.03. The number of aliphatic hydroxyl groups is 1. The van der Waals surface area contributed by atoms with Gasteiger partial charge in [-0.2, -0.15) is 61.4 Å². The summed E-state index contributed by atoms with van der Waals surface area (Å²) in [4.78, 5) is 0. The first-order chi connectivity index (χ1) is 12.0. The van der Waals surface area contributed by atoms with Crippen LogP contribution in [-0.4, -0.2) is 72.6 Å². The van der Waals surface area contributed by atoms with E-state index in [1.54, 1.807) is 0 Å². The van der Waals surface area contributed by atoms with E-state index in [4.69, 9.17) is 5.11 Å². The van der Waals surface area contributed by atoms with Crippen molar-refractivity contribution in [2.45, 2.75) is 42.0 Å². The highest BCUT2D eigenvalue weighted by Crippen LogP contribution is 2.61. The van der Waals surface area contributed by atoms with Crippen molar-refractivity contribution >= 4 is 10.0 Å². The molecule has 1 N–H and O–H groups in total. The smallest absolute Gasteiger partial charge is 0.395 e. The molecule has 0 radical (unpaired) electrons. The molecule has 0 aromatic heterocycles. The van der Waals surface area contributed by atoms with Crippen molar-refractivity contribution in [1.29, 1.82) is 0 Å². The predicted octanol–water partition coefficient (Wildman–Crippen LogP) is 3.33. The summed E-state index contributed by atoms with van der Waals surface area (Å²) in [7, 11) is -7.04. The van der Waals surface area contributed by atoms with Crippen LogP contribution >= 0.6 is 0 Å². The number of likely N-dealkylation sites (N-methyl/N-ethyl adjacent to an activating group) is 1.